The zero-order valence-electron chi connectivity index (χ0n) is 21.1. The number of ether oxygens (including phenoxy) is 4. The third-order valence-corrected chi connectivity index (χ3v) is 5.78. The van der Waals surface area contributed by atoms with E-state index in [1.807, 2.05) is 0 Å². The second kappa shape index (κ2) is 11.7. The molecule has 0 radical (unpaired) electrons. The number of carbonyl (C=O) groups is 1. The van der Waals surface area contributed by atoms with E-state index >= 15 is 0 Å². The quantitative estimate of drug-likeness (QED) is 0.157. The van der Waals surface area contributed by atoms with Crippen LogP contribution in [0, 0.1) is 11.6 Å². The summed E-state index contributed by atoms with van der Waals surface area (Å²) in [5.41, 5.74) is 0.439. The highest BCUT2D eigenvalue weighted by atomic mass is 19.4. The van der Waals surface area contributed by atoms with Gasteiger partial charge in [0.25, 0.3) is 0 Å². The number of aromatic amines is 1. The molecule has 0 aliphatic heterocycles. The van der Waals surface area contributed by atoms with Gasteiger partial charge in [-0.05, 0) is 18.2 Å². The molecule has 0 saturated carbocycles. The number of carbonyl (C=O) groups excluding carboxylic acids is 1. The van der Waals surface area contributed by atoms with Gasteiger partial charge in [0.05, 0.1) is 20.8 Å². The van der Waals surface area contributed by atoms with E-state index in [0.29, 0.717) is 17.2 Å². The summed E-state index contributed by atoms with van der Waals surface area (Å²) in [7, 11) is 2.69. The van der Waals surface area contributed by atoms with Crippen LogP contribution in [0.3, 0.4) is 0 Å². The van der Waals surface area contributed by atoms with Gasteiger partial charge in [-0.1, -0.05) is 0 Å². The van der Waals surface area contributed by atoms with E-state index in [1.54, 1.807) is 12.1 Å². The summed E-state index contributed by atoms with van der Waals surface area (Å²) >= 11 is 0. The highest BCUT2D eigenvalue weighted by Gasteiger charge is 2.33. The lowest BCUT2D eigenvalue weighted by Crippen LogP contribution is -2.22. The molecule has 0 aliphatic carbocycles. The number of aliphatic hydroxyl groups is 1. The predicted molar refractivity (Wildman–Crippen MR) is 134 cm³/mol. The Kier molecular flexibility index (Phi) is 8.33. The van der Waals surface area contributed by atoms with Crippen LogP contribution in [0.15, 0.2) is 54.7 Å². The van der Waals surface area contributed by atoms with Crippen molar-refractivity contribution in [3.05, 3.63) is 77.5 Å². The number of fused-ring (bicyclic) bond motifs is 1. The standard InChI is InChI=1S/C27H23F5N2O6/c1-37-16-8-15(9-17(10-16)39-6-5-35)34-25(18-4-3-14(28)7-23(18)38-2)26(36)20-13-33-22-12-21(29)24(11-19(20)22)40-27(30,31)32/h3-4,7-13,25,33-35H,5-6H2,1-2H3. The summed E-state index contributed by atoms with van der Waals surface area (Å²) in [6, 6.07) is 8.38. The number of rotatable bonds is 11. The lowest BCUT2D eigenvalue weighted by molar-refractivity contribution is -0.275. The van der Waals surface area contributed by atoms with Gasteiger partial charge in [0.2, 0.25) is 0 Å². The third kappa shape index (κ3) is 6.37. The van der Waals surface area contributed by atoms with Crippen molar-refractivity contribution in [2.75, 3.05) is 32.8 Å². The van der Waals surface area contributed by atoms with Crippen molar-refractivity contribution >= 4 is 22.4 Å². The summed E-state index contributed by atoms with van der Waals surface area (Å²) < 4.78 is 86.6. The van der Waals surface area contributed by atoms with Crippen molar-refractivity contribution in [3.63, 3.8) is 0 Å². The fourth-order valence-corrected chi connectivity index (χ4v) is 4.08. The number of anilines is 1. The number of ketones is 1. The Morgan fingerprint density at radius 2 is 1.75 bits per heavy atom. The van der Waals surface area contributed by atoms with Gasteiger partial charge in [-0.25, -0.2) is 8.78 Å². The topological polar surface area (TPSA) is 102 Å². The number of methoxy groups -OCH3 is 2. The maximum atomic E-state index is 14.3. The fraction of sp³-hybridized carbons (Fsp3) is 0.222. The first-order valence-electron chi connectivity index (χ1n) is 11.7. The molecular formula is C27H23F5N2O6. The van der Waals surface area contributed by atoms with Gasteiger partial charge in [-0.3, -0.25) is 4.79 Å². The predicted octanol–water partition coefficient (Wildman–Crippen LogP) is 5.77. The molecule has 40 heavy (non-hydrogen) atoms. The Bertz CT molecular complexity index is 1520. The number of hydrogen-bond donors (Lipinski definition) is 3. The SMILES string of the molecule is COc1cc(NC(C(=O)c2c[nH]c3cc(F)c(OC(F)(F)F)cc23)c2ccc(F)cc2OC)cc(OCCO)c1. The molecular weight excluding hydrogens is 543 g/mol. The largest absolute Gasteiger partial charge is 0.573 e. The van der Waals surface area contributed by atoms with Crippen LogP contribution >= 0.6 is 0 Å². The lowest BCUT2D eigenvalue weighted by Gasteiger charge is -2.22. The molecule has 0 aliphatic rings. The molecule has 0 bridgehead atoms. The molecule has 3 N–H and O–H groups in total. The Labute approximate surface area is 224 Å². The van der Waals surface area contributed by atoms with E-state index in [1.165, 1.54) is 32.5 Å². The minimum absolute atomic E-state index is 0.0116. The van der Waals surface area contributed by atoms with E-state index in [4.69, 9.17) is 19.3 Å². The molecule has 1 aromatic heterocycles. The molecule has 1 unspecified atom stereocenters. The Morgan fingerprint density at radius 1 is 1.00 bits per heavy atom. The van der Waals surface area contributed by atoms with Crippen molar-refractivity contribution in [2.45, 2.75) is 12.4 Å². The maximum Gasteiger partial charge on any atom is 0.573 e. The van der Waals surface area contributed by atoms with Gasteiger partial charge in [-0.2, -0.15) is 0 Å². The molecule has 1 atom stereocenters. The van der Waals surface area contributed by atoms with Crippen LogP contribution in [0.1, 0.15) is 22.0 Å². The molecule has 0 fully saturated rings. The smallest absolute Gasteiger partial charge is 0.497 e. The zero-order valence-corrected chi connectivity index (χ0v) is 21.1. The number of nitrogens with one attached hydrogen (secondary N) is 2. The van der Waals surface area contributed by atoms with Crippen LogP contribution < -0.4 is 24.3 Å². The van der Waals surface area contributed by atoms with Crippen LogP contribution in [0.2, 0.25) is 0 Å². The molecule has 4 rings (SSSR count). The number of alkyl halides is 3. The summed E-state index contributed by atoms with van der Waals surface area (Å²) in [5, 5.41) is 12.1. The molecule has 3 aromatic carbocycles. The summed E-state index contributed by atoms with van der Waals surface area (Å²) in [4.78, 5) is 16.7. The van der Waals surface area contributed by atoms with E-state index in [9.17, 15) is 26.7 Å². The fourth-order valence-electron chi connectivity index (χ4n) is 4.08. The van der Waals surface area contributed by atoms with Crippen LogP contribution in [-0.4, -0.2) is 49.7 Å². The molecule has 0 spiro atoms. The summed E-state index contributed by atoms with van der Waals surface area (Å²) in [6.45, 7) is -0.274. The molecule has 1 heterocycles. The van der Waals surface area contributed by atoms with Gasteiger partial charge in [0.15, 0.2) is 17.3 Å². The van der Waals surface area contributed by atoms with Gasteiger partial charge in [0, 0.05) is 64.2 Å². The number of aliphatic hydroxyl groups excluding tert-OH is 1. The minimum Gasteiger partial charge on any atom is -0.497 e. The zero-order chi connectivity index (χ0) is 29.0. The van der Waals surface area contributed by atoms with Crippen molar-refractivity contribution in [3.8, 4) is 23.0 Å². The van der Waals surface area contributed by atoms with Crippen LogP contribution in [0.5, 0.6) is 23.0 Å². The summed E-state index contributed by atoms with van der Waals surface area (Å²) in [6.07, 6.45) is -3.95. The second-order valence-electron chi connectivity index (χ2n) is 8.38. The number of H-pyrrole nitrogens is 1. The number of hydrogen-bond acceptors (Lipinski definition) is 7. The summed E-state index contributed by atoms with van der Waals surface area (Å²) in [5.74, 6) is -3.07. The number of Topliss-reactive ketones (excluding diaryl/α,β-unsaturated/α-hetero) is 1. The van der Waals surface area contributed by atoms with Crippen molar-refractivity contribution < 1.29 is 50.8 Å². The number of benzene rings is 3. The molecule has 0 saturated heterocycles. The van der Waals surface area contributed by atoms with Crippen LogP contribution in [0.25, 0.3) is 10.9 Å². The van der Waals surface area contributed by atoms with Crippen LogP contribution in [-0.2, 0) is 0 Å². The van der Waals surface area contributed by atoms with Gasteiger partial charge in [-0.15, -0.1) is 13.2 Å². The Balaban J connectivity index is 1.83. The maximum absolute atomic E-state index is 14.3. The molecule has 8 nitrogen and oxygen atoms in total. The van der Waals surface area contributed by atoms with Gasteiger partial charge >= 0.3 is 6.36 Å². The monoisotopic (exact) mass is 566 g/mol. The normalized spacial score (nSPS) is 12.2. The van der Waals surface area contributed by atoms with Gasteiger partial charge in [0.1, 0.15) is 35.7 Å². The van der Waals surface area contributed by atoms with E-state index in [0.717, 1.165) is 24.3 Å². The first-order valence-corrected chi connectivity index (χ1v) is 11.7. The minimum atomic E-state index is -5.16. The van der Waals surface area contributed by atoms with Crippen molar-refractivity contribution in [2.24, 2.45) is 0 Å². The Morgan fingerprint density at radius 3 is 2.42 bits per heavy atom. The number of aromatic nitrogens is 1. The average molecular weight is 566 g/mol. The molecule has 13 heteroatoms. The first-order chi connectivity index (χ1) is 19.0. The third-order valence-electron chi connectivity index (χ3n) is 5.78. The highest BCUT2D eigenvalue weighted by Crippen LogP contribution is 2.37. The van der Waals surface area contributed by atoms with Crippen molar-refractivity contribution in [1.82, 2.24) is 4.98 Å². The van der Waals surface area contributed by atoms with E-state index in [2.05, 4.69) is 15.0 Å². The molecule has 0 amide bonds. The lowest BCUT2D eigenvalue weighted by atomic mass is 9.95. The van der Waals surface area contributed by atoms with Crippen LogP contribution in [0.4, 0.5) is 27.6 Å². The molecule has 4 aromatic rings. The average Bonchev–Trinajstić information content (AvgIpc) is 3.31. The highest BCUT2D eigenvalue weighted by molar-refractivity contribution is 6.12. The first kappa shape index (κ1) is 28.5. The van der Waals surface area contributed by atoms with Crippen molar-refractivity contribution in [1.29, 1.82) is 0 Å². The number of halogens is 5. The Hall–Kier alpha value is -4.52. The van der Waals surface area contributed by atoms with E-state index in [-0.39, 0.29) is 41.0 Å². The second-order valence-corrected chi connectivity index (χ2v) is 8.38. The van der Waals surface area contributed by atoms with Gasteiger partial charge < -0.3 is 34.4 Å². The van der Waals surface area contributed by atoms with E-state index < -0.39 is 35.6 Å². The molecule has 212 valence electrons.